The number of rotatable bonds is 4. The van der Waals surface area contributed by atoms with Crippen molar-refractivity contribution in [1.29, 1.82) is 5.26 Å². The maximum atomic E-state index is 15.7. The van der Waals surface area contributed by atoms with Crippen LogP contribution in [0.2, 0.25) is 5.02 Å². The van der Waals surface area contributed by atoms with Gasteiger partial charge in [-0.2, -0.15) is 15.2 Å². The van der Waals surface area contributed by atoms with Gasteiger partial charge in [0.15, 0.2) is 5.82 Å². The van der Waals surface area contributed by atoms with Gasteiger partial charge in [0.05, 0.1) is 29.6 Å². The lowest BCUT2D eigenvalue weighted by atomic mass is 9.74. The zero-order valence-corrected chi connectivity index (χ0v) is 24.6. The topological polar surface area (TPSA) is 101 Å². The van der Waals surface area contributed by atoms with E-state index in [0.717, 1.165) is 74.3 Å². The molecular weight excluding hydrogens is 562 g/mol. The fourth-order valence-electron chi connectivity index (χ4n) is 8.13. The number of nitrogen functional groups attached to an aromatic ring is 1. The summed E-state index contributed by atoms with van der Waals surface area (Å²) >= 11 is 6.56. The fraction of sp³-hybridized carbons (Fsp3) is 0.645. The van der Waals surface area contributed by atoms with Crippen LogP contribution in [0.15, 0.2) is 6.07 Å². The molecule has 11 heteroatoms. The maximum Gasteiger partial charge on any atom is 0.318 e. The Bertz CT molecular complexity index is 1440. The molecule has 1 unspecified atom stereocenters. The molecule has 224 valence electrons. The largest absolute Gasteiger partial charge is 0.461 e. The Morgan fingerprint density at radius 1 is 1.17 bits per heavy atom. The summed E-state index contributed by atoms with van der Waals surface area (Å²) in [6, 6.07) is 4.17. The van der Waals surface area contributed by atoms with Crippen molar-refractivity contribution in [2.45, 2.75) is 88.1 Å². The second-order valence-corrected chi connectivity index (χ2v) is 13.2. The van der Waals surface area contributed by atoms with Crippen molar-refractivity contribution in [3.05, 3.63) is 39.3 Å². The Morgan fingerprint density at radius 2 is 2.05 bits per heavy atom. The summed E-state index contributed by atoms with van der Waals surface area (Å²) in [7, 11) is 0. The SMILES string of the molecule is N#C[C@@H]1CCCN(c2nc(OC[C@@]34CCCN3C[C@H](F)C4)nc3c2COC2(CCCc4c(Cl)cc(N)c(F)c42)C3)CC1. The summed E-state index contributed by atoms with van der Waals surface area (Å²) in [5.41, 5.74) is 7.62. The highest BCUT2D eigenvalue weighted by Gasteiger charge is 2.50. The van der Waals surface area contributed by atoms with Gasteiger partial charge in [0, 0.05) is 54.5 Å². The number of nitriles is 1. The van der Waals surface area contributed by atoms with E-state index in [2.05, 4.69) is 15.9 Å². The average molecular weight is 599 g/mol. The third-order valence-electron chi connectivity index (χ3n) is 10.2. The molecule has 1 spiro atoms. The summed E-state index contributed by atoms with van der Waals surface area (Å²) in [4.78, 5) is 14.3. The standard InChI is InChI=1S/C31H37ClF2N6O2/c32-23-12-24(36)27(34)26-21(23)5-1-8-31(26)14-25-22(17-42-31)28(39-9-2-4-19(15-35)6-11-39)38-29(37-25)41-18-30-7-3-10-40(30)16-20(33)13-30/h12,19-20H,1-11,13-14,16-18,36H2/t19-,20-,30+,31?/m1/s1. The number of nitrogens with two attached hydrogens (primary N) is 1. The highest BCUT2D eigenvalue weighted by atomic mass is 35.5. The van der Waals surface area contributed by atoms with Crippen LogP contribution in [0.3, 0.4) is 0 Å². The molecule has 0 amide bonds. The fourth-order valence-corrected chi connectivity index (χ4v) is 8.44. The molecule has 5 aliphatic rings. The van der Waals surface area contributed by atoms with Crippen LogP contribution in [0.25, 0.3) is 0 Å². The van der Waals surface area contributed by atoms with E-state index in [1.54, 1.807) is 0 Å². The normalized spacial score (nSPS) is 30.9. The van der Waals surface area contributed by atoms with Gasteiger partial charge >= 0.3 is 6.01 Å². The van der Waals surface area contributed by atoms with Crippen molar-refractivity contribution in [3.63, 3.8) is 0 Å². The lowest BCUT2D eigenvalue weighted by Crippen LogP contribution is -2.44. The molecule has 2 N–H and O–H groups in total. The minimum absolute atomic E-state index is 0.0153. The predicted molar refractivity (Wildman–Crippen MR) is 155 cm³/mol. The van der Waals surface area contributed by atoms with E-state index >= 15 is 4.39 Å². The number of ether oxygens (including phenoxy) is 2. The Morgan fingerprint density at radius 3 is 2.90 bits per heavy atom. The zero-order chi connectivity index (χ0) is 29.1. The van der Waals surface area contributed by atoms with E-state index in [1.165, 1.54) is 6.07 Å². The molecule has 0 bridgehead atoms. The first-order valence-electron chi connectivity index (χ1n) is 15.3. The number of benzene rings is 1. The molecule has 1 aromatic carbocycles. The van der Waals surface area contributed by atoms with Crippen molar-refractivity contribution in [2.24, 2.45) is 5.92 Å². The molecule has 0 saturated carbocycles. The molecule has 4 aliphatic heterocycles. The summed E-state index contributed by atoms with van der Waals surface area (Å²) in [6.07, 6.45) is 6.44. The molecule has 4 atom stereocenters. The van der Waals surface area contributed by atoms with Crippen LogP contribution in [-0.4, -0.2) is 59.4 Å². The number of fused-ring (bicyclic) bond motifs is 4. The smallest absolute Gasteiger partial charge is 0.318 e. The lowest BCUT2D eigenvalue weighted by Gasteiger charge is -2.43. The van der Waals surface area contributed by atoms with Crippen molar-refractivity contribution >= 4 is 23.1 Å². The second kappa shape index (κ2) is 10.8. The van der Waals surface area contributed by atoms with Gasteiger partial charge in [-0.15, -0.1) is 0 Å². The molecular formula is C31H37ClF2N6O2. The molecule has 7 rings (SSSR count). The number of halogens is 3. The minimum atomic E-state index is -0.939. The Labute approximate surface area is 250 Å². The van der Waals surface area contributed by atoms with Crippen LogP contribution in [0.1, 0.15) is 73.8 Å². The van der Waals surface area contributed by atoms with Gasteiger partial charge in [0.2, 0.25) is 0 Å². The molecule has 2 aromatic rings. The van der Waals surface area contributed by atoms with Crippen molar-refractivity contribution in [3.8, 4) is 12.1 Å². The van der Waals surface area contributed by atoms with Crippen LogP contribution < -0.4 is 15.4 Å². The first-order valence-corrected chi connectivity index (χ1v) is 15.7. The van der Waals surface area contributed by atoms with Crippen LogP contribution >= 0.6 is 11.6 Å². The van der Waals surface area contributed by atoms with Crippen molar-refractivity contribution in [1.82, 2.24) is 14.9 Å². The summed E-state index contributed by atoms with van der Waals surface area (Å²) in [6.45, 7) is 3.33. The van der Waals surface area contributed by atoms with Gasteiger partial charge in [-0.1, -0.05) is 11.6 Å². The van der Waals surface area contributed by atoms with Crippen molar-refractivity contribution in [2.75, 3.05) is 43.4 Å². The Kier molecular flexibility index (Phi) is 7.19. The lowest BCUT2D eigenvalue weighted by molar-refractivity contribution is -0.0876. The number of alkyl halides is 1. The van der Waals surface area contributed by atoms with Crippen molar-refractivity contribution < 1.29 is 18.3 Å². The summed E-state index contributed by atoms with van der Waals surface area (Å²) < 4.78 is 43.1. The van der Waals surface area contributed by atoms with E-state index in [1.807, 2.05) is 0 Å². The molecule has 3 saturated heterocycles. The van der Waals surface area contributed by atoms with E-state index < -0.39 is 17.6 Å². The van der Waals surface area contributed by atoms with Crippen LogP contribution in [0, 0.1) is 23.1 Å². The van der Waals surface area contributed by atoms with Gasteiger partial charge < -0.3 is 20.1 Å². The first-order chi connectivity index (χ1) is 20.3. The van der Waals surface area contributed by atoms with E-state index in [9.17, 15) is 9.65 Å². The monoisotopic (exact) mass is 598 g/mol. The zero-order valence-electron chi connectivity index (χ0n) is 23.8. The molecule has 42 heavy (non-hydrogen) atoms. The highest BCUT2D eigenvalue weighted by molar-refractivity contribution is 6.31. The van der Waals surface area contributed by atoms with Crippen LogP contribution in [0.4, 0.5) is 20.3 Å². The van der Waals surface area contributed by atoms with E-state index in [4.69, 9.17) is 36.8 Å². The number of nitrogens with zero attached hydrogens (tertiary/aromatic N) is 5. The summed E-state index contributed by atoms with van der Waals surface area (Å²) in [5, 5.41) is 10.0. The highest BCUT2D eigenvalue weighted by Crippen LogP contribution is 2.49. The number of hydrogen-bond donors (Lipinski definition) is 1. The molecule has 0 radical (unpaired) electrons. The molecule has 8 nitrogen and oxygen atoms in total. The van der Waals surface area contributed by atoms with E-state index in [0.29, 0.717) is 56.0 Å². The van der Waals surface area contributed by atoms with Gasteiger partial charge in [-0.3, -0.25) is 4.90 Å². The number of anilines is 2. The molecule has 1 aromatic heterocycles. The molecule has 3 fully saturated rings. The average Bonchev–Trinajstić information content (AvgIpc) is 3.38. The summed E-state index contributed by atoms with van der Waals surface area (Å²) in [5.74, 6) is 0.296. The van der Waals surface area contributed by atoms with Crippen LogP contribution in [-0.2, 0) is 29.8 Å². The number of hydrogen-bond acceptors (Lipinski definition) is 8. The Balaban J connectivity index is 1.26. The van der Waals surface area contributed by atoms with Gasteiger partial charge in [0.25, 0.3) is 0 Å². The van der Waals surface area contributed by atoms with Gasteiger partial charge in [-0.05, 0) is 69.5 Å². The Hall–Kier alpha value is -2.74. The van der Waals surface area contributed by atoms with Gasteiger partial charge in [0.1, 0.15) is 24.2 Å². The molecule has 1 aliphatic carbocycles. The van der Waals surface area contributed by atoms with Crippen LogP contribution in [0.5, 0.6) is 6.01 Å². The van der Waals surface area contributed by atoms with E-state index in [-0.39, 0.29) is 29.8 Å². The molecule has 5 heterocycles. The third kappa shape index (κ3) is 4.68. The van der Waals surface area contributed by atoms with Gasteiger partial charge in [-0.25, -0.2) is 8.78 Å². The predicted octanol–water partition coefficient (Wildman–Crippen LogP) is 5.24. The maximum absolute atomic E-state index is 15.7. The number of aromatic nitrogens is 2. The quantitative estimate of drug-likeness (QED) is 0.477. The minimum Gasteiger partial charge on any atom is -0.461 e. The first kappa shape index (κ1) is 28.1. The second-order valence-electron chi connectivity index (χ2n) is 12.8. The third-order valence-corrected chi connectivity index (χ3v) is 10.6.